The van der Waals surface area contributed by atoms with E-state index in [0.717, 1.165) is 32.4 Å². The summed E-state index contributed by atoms with van der Waals surface area (Å²) < 4.78 is 0. The first-order valence-electron chi connectivity index (χ1n) is 4.17. The van der Waals surface area contributed by atoms with Crippen LogP contribution in [0.1, 0.15) is 19.3 Å². The molecule has 0 aromatic carbocycles. The number of piperidine rings is 1. The molecule has 1 fully saturated rings. The highest BCUT2D eigenvalue weighted by Crippen LogP contribution is 2.16. The smallest absolute Gasteiger partial charge is 0.216 e. The lowest BCUT2D eigenvalue weighted by molar-refractivity contribution is 0.345. The van der Waals surface area contributed by atoms with E-state index >= 15 is 0 Å². The van der Waals surface area contributed by atoms with Crippen LogP contribution in [-0.2, 0) is 4.79 Å². The van der Waals surface area contributed by atoms with Gasteiger partial charge in [0.15, 0.2) is 0 Å². The molecule has 0 saturated carbocycles. The molecule has 0 aliphatic carbocycles. The molecule has 11 heavy (non-hydrogen) atoms. The largest absolute Gasteiger partial charge is 0.321 e. The number of nitrogens with one attached hydrogen (secondary N) is 1. The van der Waals surface area contributed by atoms with E-state index < -0.39 is 0 Å². The van der Waals surface area contributed by atoms with Crippen molar-refractivity contribution in [2.24, 2.45) is 11.7 Å². The van der Waals surface area contributed by atoms with E-state index in [-0.39, 0.29) is 6.04 Å². The van der Waals surface area contributed by atoms with Crippen LogP contribution in [0.2, 0.25) is 0 Å². The van der Waals surface area contributed by atoms with Crippen molar-refractivity contribution in [2.75, 3.05) is 13.1 Å². The molecule has 1 aliphatic heterocycles. The van der Waals surface area contributed by atoms with Crippen LogP contribution in [0.5, 0.6) is 0 Å². The molecular weight excluding hydrogens is 140 g/mol. The monoisotopic (exact) mass is 155 g/mol. The van der Waals surface area contributed by atoms with Crippen molar-refractivity contribution >= 4 is 6.29 Å². The molecule has 0 amide bonds. The van der Waals surface area contributed by atoms with Crippen LogP contribution >= 0.6 is 0 Å². The first-order chi connectivity index (χ1) is 5.33. The maximum Gasteiger partial charge on any atom is 0.216 e. The third-order valence-electron chi connectivity index (χ3n) is 2.20. The molecule has 1 heterocycles. The second kappa shape index (κ2) is 4.46. The van der Waals surface area contributed by atoms with Crippen LogP contribution in [0.3, 0.4) is 0 Å². The minimum atomic E-state index is -0.363. The molecule has 1 aliphatic rings. The zero-order valence-corrected chi connectivity index (χ0v) is 6.68. The highest BCUT2D eigenvalue weighted by atomic mass is 16.1. The zero-order chi connectivity index (χ0) is 8.10. The maximum atomic E-state index is 10.1. The second-order valence-electron chi connectivity index (χ2n) is 3.15. The number of nitrogens with two attached hydrogens (primary N) is 1. The third kappa shape index (κ3) is 2.99. The molecule has 3 heteroatoms. The van der Waals surface area contributed by atoms with E-state index in [1.54, 1.807) is 0 Å². The number of hydrogen-bond donors (Lipinski definition) is 2. The standard InChI is InChI=1S/C8H15N2O/c9-8(6-11)5-7-1-3-10-4-2-7/h7-8,10H,1-5,9H2/t8-/m0/s1. The predicted octanol–water partition coefficient (Wildman–Crippen LogP) is -0.187. The zero-order valence-electron chi connectivity index (χ0n) is 6.68. The molecule has 3 N–H and O–H groups in total. The Morgan fingerprint density at radius 2 is 2.18 bits per heavy atom. The first kappa shape index (κ1) is 8.68. The molecule has 1 saturated heterocycles. The molecule has 1 radical (unpaired) electrons. The Hall–Kier alpha value is -0.410. The van der Waals surface area contributed by atoms with Gasteiger partial charge in [-0.15, -0.1) is 0 Å². The van der Waals surface area contributed by atoms with Gasteiger partial charge >= 0.3 is 0 Å². The summed E-state index contributed by atoms with van der Waals surface area (Å²) in [5.41, 5.74) is 5.46. The number of rotatable bonds is 3. The summed E-state index contributed by atoms with van der Waals surface area (Å²) in [6.07, 6.45) is 4.93. The Labute approximate surface area is 67.3 Å². The van der Waals surface area contributed by atoms with Crippen LogP contribution in [0.25, 0.3) is 0 Å². The van der Waals surface area contributed by atoms with E-state index in [1.807, 2.05) is 6.29 Å². The summed E-state index contributed by atoms with van der Waals surface area (Å²) in [6, 6.07) is -0.363. The van der Waals surface area contributed by atoms with Gasteiger partial charge in [-0.2, -0.15) is 0 Å². The van der Waals surface area contributed by atoms with Crippen LogP contribution in [0.4, 0.5) is 0 Å². The van der Waals surface area contributed by atoms with Gasteiger partial charge in [0.05, 0.1) is 6.04 Å². The molecule has 1 rings (SSSR count). The number of carbonyl (C=O) groups excluding carboxylic acids is 1. The topological polar surface area (TPSA) is 55.1 Å². The van der Waals surface area contributed by atoms with Gasteiger partial charge in [0.2, 0.25) is 6.29 Å². The van der Waals surface area contributed by atoms with Crippen LogP contribution in [0.15, 0.2) is 0 Å². The SMILES string of the molecule is N[C@H]([C]=O)CC1CCNCC1. The molecule has 0 bridgehead atoms. The minimum absolute atomic E-state index is 0.363. The van der Waals surface area contributed by atoms with Crippen molar-refractivity contribution in [1.82, 2.24) is 5.32 Å². The minimum Gasteiger partial charge on any atom is -0.321 e. The molecule has 0 aromatic heterocycles. The summed E-state index contributed by atoms with van der Waals surface area (Å²) >= 11 is 0. The fraction of sp³-hybridized carbons (Fsp3) is 0.875. The molecule has 0 spiro atoms. The summed E-state index contributed by atoms with van der Waals surface area (Å²) in [4.78, 5) is 10.1. The van der Waals surface area contributed by atoms with E-state index in [2.05, 4.69) is 5.32 Å². The average Bonchev–Trinajstić information content (AvgIpc) is 2.06. The number of hydrogen-bond acceptors (Lipinski definition) is 3. The average molecular weight is 155 g/mol. The summed E-state index contributed by atoms with van der Waals surface area (Å²) in [5, 5.41) is 3.27. The molecule has 1 atom stereocenters. The van der Waals surface area contributed by atoms with Crippen molar-refractivity contribution in [1.29, 1.82) is 0 Å². The van der Waals surface area contributed by atoms with Gasteiger partial charge in [-0.05, 0) is 38.3 Å². The molecule has 63 valence electrons. The van der Waals surface area contributed by atoms with Gasteiger partial charge < -0.3 is 11.1 Å². The summed E-state index contributed by atoms with van der Waals surface area (Å²) in [6.45, 7) is 2.13. The van der Waals surface area contributed by atoms with Gasteiger partial charge in [-0.1, -0.05) is 0 Å². The molecular formula is C8H15N2O. The Kier molecular flexibility index (Phi) is 3.52. The predicted molar refractivity (Wildman–Crippen MR) is 43.9 cm³/mol. The van der Waals surface area contributed by atoms with E-state index in [4.69, 9.17) is 5.73 Å². The van der Waals surface area contributed by atoms with Crippen LogP contribution in [-0.4, -0.2) is 25.4 Å². The van der Waals surface area contributed by atoms with Crippen LogP contribution < -0.4 is 11.1 Å². The van der Waals surface area contributed by atoms with E-state index in [9.17, 15) is 4.79 Å². The molecule has 0 aromatic rings. The fourth-order valence-electron chi connectivity index (χ4n) is 1.52. The van der Waals surface area contributed by atoms with Gasteiger partial charge in [-0.3, -0.25) is 4.79 Å². The Morgan fingerprint density at radius 3 is 2.73 bits per heavy atom. The molecule has 3 nitrogen and oxygen atoms in total. The third-order valence-corrected chi connectivity index (χ3v) is 2.20. The Morgan fingerprint density at radius 1 is 1.55 bits per heavy atom. The van der Waals surface area contributed by atoms with Gasteiger partial charge in [0.1, 0.15) is 0 Å². The van der Waals surface area contributed by atoms with Crippen molar-refractivity contribution in [3.8, 4) is 0 Å². The fourth-order valence-corrected chi connectivity index (χ4v) is 1.52. The van der Waals surface area contributed by atoms with Crippen molar-refractivity contribution in [2.45, 2.75) is 25.3 Å². The summed E-state index contributed by atoms with van der Waals surface area (Å²) in [5.74, 6) is 0.632. The quantitative estimate of drug-likeness (QED) is 0.594. The Bertz CT molecular complexity index is 121. The van der Waals surface area contributed by atoms with Crippen molar-refractivity contribution in [3.63, 3.8) is 0 Å². The highest BCUT2D eigenvalue weighted by molar-refractivity contribution is 5.57. The summed E-state index contributed by atoms with van der Waals surface area (Å²) in [7, 11) is 0. The van der Waals surface area contributed by atoms with Gasteiger partial charge in [0, 0.05) is 0 Å². The van der Waals surface area contributed by atoms with E-state index in [1.165, 1.54) is 0 Å². The maximum absolute atomic E-state index is 10.1. The normalized spacial score (nSPS) is 23.0. The first-order valence-corrected chi connectivity index (χ1v) is 4.17. The lowest BCUT2D eigenvalue weighted by atomic mass is 9.92. The van der Waals surface area contributed by atoms with E-state index in [0.29, 0.717) is 5.92 Å². The lowest BCUT2D eigenvalue weighted by Crippen LogP contribution is -2.32. The second-order valence-corrected chi connectivity index (χ2v) is 3.15. The van der Waals surface area contributed by atoms with Crippen molar-refractivity contribution < 1.29 is 4.79 Å². The van der Waals surface area contributed by atoms with Crippen LogP contribution in [0, 0.1) is 5.92 Å². The van der Waals surface area contributed by atoms with Gasteiger partial charge in [-0.25, -0.2) is 0 Å². The molecule has 0 unspecified atom stereocenters. The highest BCUT2D eigenvalue weighted by Gasteiger charge is 2.15. The van der Waals surface area contributed by atoms with Gasteiger partial charge in [0.25, 0.3) is 0 Å². The van der Waals surface area contributed by atoms with Crippen molar-refractivity contribution in [3.05, 3.63) is 0 Å². The Balaban J connectivity index is 2.18. The lowest BCUT2D eigenvalue weighted by Gasteiger charge is -2.23.